The van der Waals surface area contributed by atoms with Gasteiger partial charge < -0.3 is 15.2 Å². The fraction of sp³-hybridized carbons (Fsp3) is 0.667. The minimum Gasteiger partial charge on any atom is -0.481 e. The number of aliphatic carboxylic acids is 1. The first-order chi connectivity index (χ1) is 7.00. The van der Waals surface area contributed by atoms with Crippen LogP contribution >= 0.6 is 0 Å². The van der Waals surface area contributed by atoms with Crippen molar-refractivity contribution in [2.75, 3.05) is 6.54 Å². The van der Waals surface area contributed by atoms with E-state index in [0.29, 0.717) is 13.0 Å². The van der Waals surface area contributed by atoms with Crippen LogP contribution in [0.2, 0.25) is 0 Å². The van der Waals surface area contributed by atoms with Crippen molar-refractivity contribution in [2.24, 2.45) is 5.92 Å². The van der Waals surface area contributed by atoms with Crippen molar-refractivity contribution in [1.82, 2.24) is 5.32 Å². The molecule has 1 amide bonds. The van der Waals surface area contributed by atoms with Crippen LogP contribution in [0.15, 0.2) is 0 Å². The number of hydrogen-bond donors (Lipinski definition) is 2. The van der Waals surface area contributed by atoms with Gasteiger partial charge in [-0.3, -0.25) is 14.4 Å². The zero-order chi connectivity index (χ0) is 11.4. The summed E-state index contributed by atoms with van der Waals surface area (Å²) in [6.45, 7) is 1.95. The van der Waals surface area contributed by atoms with Crippen molar-refractivity contribution in [3.05, 3.63) is 0 Å². The molecule has 0 aromatic carbocycles. The normalized spacial score (nSPS) is 21.9. The molecule has 1 saturated heterocycles. The summed E-state index contributed by atoms with van der Waals surface area (Å²) in [5.41, 5.74) is 0. The molecule has 1 heterocycles. The largest absolute Gasteiger partial charge is 0.481 e. The molecule has 0 aliphatic carbocycles. The van der Waals surface area contributed by atoms with Crippen LogP contribution in [0.25, 0.3) is 0 Å². The van der Waals surface area contributed by atoms with E-state index in [1.54, 1.807) is 0 Å². The van der Waals surface area contributed by atoms with Crippen LogP contribution in [0.5, 0.6) is 0 Å². The Kier molecular flexibility index (Phi) is 3.65. The van der Waals surface area contributed by atoms with Crippen LogP contribution in [0.4, 0.5) is 0 Å². The third kappa shape index (κ3) is 3.23. The zero-order valence-corrected chi connectivity index (χ0v) is 8.36. The van der Waals surface area contributed by atoms with E-state index in [9.17, 15) is 14.4 Å². The van der Waals surface area contributed by atoms with Gasteiger partial charge >= 0.3 is 11.9 Å². The van der Waals surface area contributed by atoms with Crippen LogP contribution in [0, 0.1) is 5.92 Å². The van der Waals surface area contributed by atoms with Gasteiger partial charge in [0.1, 0.15) is 12.0 Å². The molecular weight excluding hydrogens is 202 g/mol. The molecule has 1 aliphatic rings. The van der Waals surface area contributed by atoms with Gasteiger partial charge in [-0.05, 0) is 13.3 Å². The van der Waals surface area contributed by atoms with Gasteiger partial charge in [0.15, 0.2) is 0 Å². The number of carbonyl (C=O) groups is 3. The van der Waals surface area contributed by atoms with Gasteiger partial charge in [0.05, 0.1) is 6.42 Å². The highest BCUT2D eigenvalue weighted by atomic mass is 16.5. The van der Waals surface area contributed by atoms with Crippen molar-refractivity contribution >= 4 is 17.8 Å². The second-order valence-electron chi connectivity index (χ2n) is 3.48. The molecule has 0 saturated carbocycles. The molecule has 0 aromatic heterocycles. The molecule has 0 bridgehead atoms. The van der Waals surface area contributed by atoms with E-state index in [0.717, 1.165) is 0 Å². The van der Waals surface area contributed by atoms with Crippen LogP contribution in [-0.2, 0) is 19.1 Å². The Labute approximate surface area is 86.6 Å². The summed E-state index contributed by atoms with van der Waals surface area (Å²) in [6.07, 6.45) is -0.541. The van der Waals surface area contributed by atoms with Gasteiger partial charge in [-0.2, -0.15) is 0 Å². The van der Waals surface area contributed by atoms with Gasteiger partial charge in [0.2, 0.25) is 5.91 Å². The summed E-state index contributed by atoms with van der Waals surface area (Å²) in [5.74, 6) is -2.80. The number of hydrogen-bond acceptors (Lipinski definition) is 4. The van der Waals surface area contributed by atoms with Crippen LogP contribution in [0.3, 0.4) is 0 Å². The maximum atomic E-state index is 11.4. The quantitative estimate of drug-likeness (QED) is 0.488. The van der Waals surface area contributed by atoms with Gasteiger partial charge in [-0.25, -0.2) is 0 Å². The summed E-state index contributed by atoms with van der Waals surface area (Å²) in [4.78, 5) is 32.8. The molecule has 1 rings (SSSR count). The molecular formula is C9H13NO5. The molecule has 0 radical (unpaired) electrons. The third-order valence-electron chi connectivity index (χ3n) is 2.11. The number of carboxylic acids is 1. The van der Waals surface area contributed by atoms with E-state index in [1.807, 2.05) is 0 Å². The number of carbonyl (C=O) groups excluding carboxylic acids is 2. The molecule has 0 spiro atoms. The SMILES string of the molecule is CC(CC(=O)O)OC(=O)C1CCNC1=O. The number of nitrogens with one attached hydrogen (secondary N) is 1. The number of amides is 1. The average Bonchev–Trinajstić information content (AvgIpc) is 2.49. The molecule has 0 aromatic rings. The molecule has 2 atom stereocenters. The fourth-order valence-electron chi connectivity index (χ4n) is 1.39. The first kappa shape index (κ1) is 11.5. The highest BCUT2D eigenvalue weighted by Gasteiger charge is 2.33. The van der Waals surface area contributed by atoms with Gasteiger partial charge in [-0.1, -0.05) is 0 Å². The number of ether oxygens (including phenoxy) is 1. The predicted molar refractivity (Wildman–Crippen MR) is 48.9 cm³/mol. The summed E-state index contributed by atoms with van der Waals surface area (Å²) in [5, 5.41) is 11.0. The van der Waals surface area contributed by atoms with Crippen molar-refractivity contribution in [2.45, 2.75) is 25.9 Å². The van der Waals surface area contributed by atoms with Gasteiger partial charge in [0, 0.05) is 6.54 Å². The Bertz CT molecular complexity index is 288. The highest BCUT2D eigenvalue weighted by Crippen LogP contribution is 2.13. The van der Waals surface area contributed by atoms with E-state index < -0.39 is 24.0 Å². The third-order valence-corrected chi connectivity index (χ3v) is 2.11. The Morgan fingerprint density at radius 2 is 2.33 bits per heavy atom. The van der Waals surface area contributed by atoms with Crippen LogP contribution in [-0.4, -0.2) is 35.6 Å². The lowest BCUT2D eigenvalue weighted by molar-refractivity contribution is -0.157. The zero-order valence-electron chi connectivity index (χ0n) is 8.36. The van der Waals surface area contributed by atoms with Crippen molar-refractivity contribution in [3.63, 3.8) is 0 Å². The van der Waals surface area contributed by atoms with E-state index >= 15 is 0 Å². The minimum absolute atomic E-state index is 0.250. The smallest absolute Gasteiger partial charge is 0.318 e. The summed E-state index contributed by atoms with van der Waals surface area (Å²) < 4.78 is 4.83. The standard InChI is InChI=1S/C9H13NO5/c1-5(4-7(11)12)15-9(14)6-2-3-10-8(6)13/h5-6H,2-4H2,1H3,(H,10,13)(H,11,12). The Morgan fingerprint density at radius 1 is 1.67 bits per heavy atom. The summed E-state index contributed by atoms with van der Waals surface area (Å²) in [7, 11) is 0. The van der Waals surface area contributed by atoms with Crippen molar-refractivity contribution < 1.29 is 24.2 Å². The summed E-state index contributed by atoms with van der Waals surface area (Å²) >= 11 is 0. The Morgan fingerprint density at radius 3 is 2.80 bits per heavy atom. The highest BCUT2D eigenvalue weighted by molar-refractivity contribution is 5.99. The molecule has 1 fully saturated rings. The number of carboxylic acid groups (broad SMARTS) is 1. The maximum Gasteiger partial charge on any atom is 0.318 e. The topological polar surface area (TPSA) is 92.7 Å². The average molecular weight is 215 g/mol. The first-order valence-electron chi connectivity index (χ1n) is 4.70. The van der Waals surface area contributed by atoms with E-state index in [4.69, 9.17) is 9.84 Å². The molecule has 15 heavy (non-hydrogen) atoms. The van der Waals surface area contributed by atoms with E-state index in [1.165, 1.54) is 6.92 Å². The molecule has 6 heteroatoms. The van der Waals surface area contributed by atoms with Crippen molar-refractivity contribution in [3.8, 4) is 0 Å². The lowest BCUT2D eigenvalue weighted by Crippen LogP contribution is -2.29. The van der Waals surface area contributed by atoms with Gasteiger partial charge in [0.25, 0.3) is 0 Å². The molecule has 2 unspecified atom stereocenters. The number of esters is 1. The second-order valence-corrected chi connectivity index (χ2v) is 3.48. The van der Waals surface area contributed by atoms with Crippen LogP contribution in [0.1, 0.15) is 19.8 Å². The molecule has 2 N–H and O–H groups in total. The lowest BCUT2D eigenvalue weighted by Gasteiger charge is -2.13. The van der Waals surface area contributed by atoms with Crippen LogP contribution < -0.4 is 5.32 Å². The molecule has 1 aliphatic heterocycles. The van der Waals surface area contributed by atoms with Gasteiger partial charge in [-0.15, -0.1) is 0 Å². The minimum atomic E-state index is -1.04. The molecule has 6 nitrogen and oxygen atoms in total. The van der Waals surface area contributed by atoms with Crippen molar-refractivity contribution in [1.29, 1.82) is 0 Å². The first-order valence-corrected chi connectivity index (χ1v) is 4.70. The maximum absolute atomic E-state index is 11.4. The monoisotopic (exact) mass is 215 g/mol. The predicted octanol–water partition coefficient (Wildman–Crippen LogP) is -0.471. The Hall–Kier alpha value is -1.59. The van der Waals surface area contributed by atoms with E-state index in [-0.39, 0.29) is 12.3 Å². The summed E-state index contributed by atoms with van der Waals surface area (Å²) in [6, 6.07) is 0. The fourth-order valence-corrected chi connectivity index (χ4v) is 1.39. The van der Waals surface area contributed by atoms with E-state index in [2.05, 4.69) is 5.32 Å². The lowest BCUT2D eigenvalue weighted by atomic mass is 10.1. The number of rotatable bonds is 4. The Balaban J connectivity index is 2.41. The molecule has 84 valence electrons. The second kappa shape index (κ2) is 4.77.